The van der Waals surface area contributed by atoms with E-state index < -0.39 is 5.91 Å². The van der Waals surface area contributed by atoms with Crippen molar-refractivity contribution in [2.75, 3.05) is 5.32 Å². The van der Waals surface area contributed by atoms with Gasteiger partial charge in [0.2, 0.25) is 5.91 Å². The van der Waals surface area contributed by atoms with Crippen LogP contribution in [0.3, 0.4) is 0 Å². The van der Waals surface area contributed by atoms with Gasteiger partial charge in [-0.05, 0) is 46.3 Å². The number of nitrogens with two attached hydrogens (primary N) is 1. The summed E-state index contributed by atoms with van der Waals surface area (Å²) >= 11 is 9.14. The predicted octanol–water partition coefficient (Wildman–Crippen LogP) is 2.85. The molecule has 0 aliphatic heterocycles. The number of primary amides is 1. The Balaban J connectivity index is 2.18. The Morgan fingerprint density at radius 2 is 2.00 bits per heavy atom. The Morgan fingerprint density at radius 1 is 1.25 bits per heavy atom. The van der Waals surface area contributed by atoms with Gasteiger partial charge in [-0.1, -0.05) is 11.6 Å². The van der Waals surface area contributed by atoms with Crippen molar-refractivity contribution in [3.05, 3.63) is 57.3 Å². The zero-order valence-electron chi connectivity index (χ0n) is 10.1. The van der Waals surface area contributed by atoms with E-state index >= 15 is 0 Å². The smallest absolute Gasteiger partial charge is 0.274 e. The molecule has 0 aliphatic rings. The SMILES string of the molecule is NC(=O)c1ccc(NC(=O)c2ccc(Br)cn2)cc1Cl. The second-order valence-corrected chi connectivity index (χ2v) is 5.20. The van der Waals surface area contributed by atoms with Gasteiger partial charge in [0.1, 0.15) is 5.69 Å². The Morgan fingerprint density at radius 3 is 2.55 bits per heavy atom. The van der Waals surface area contributed by atoms with E-state index in [0.717, 1.165) is 4.47 Å². The number of amides is 2. The summed E-state index contributed by atoms with van der Waals surface area (Å²) in [6.45, 7) is 0. The Bertz CT molecular complexity index is 674. The lowest BCUT2D eigenvalue weighted by Crippen LogP contribution is -2.15. The fourth-order valence-corrected chi connectivity index (χ4v) is 2.01. The number of aromatic nitrogens is 1. The van der Waals surface area contributed by atoms with Crippen molar-refractivity contribution < 1.29 is 9.59 Å². The monoisotopic (exact) mass is 353 g/mol. The average molecular weight is 355 g/mol. The molecule has 1 heterocycles. The molecule has 0 bridgehead atoms. The molecule has 0 spiro atoms. The molecule has 1 aromatic heterocycles. The highest BCUT2D eigenvalue weighted by Gasteiger charge is 2.10. The van der Waals surface area contributed by atoms with Gasteiger partial charge in [-0.3, -0.25) is 9.59 Å². The molecule has 20 heavy (non-hydrogen) atoms. The number of anilines is 1. The third-order valence-electron chi connectivity index (χ3n) is 2.45. The van der Waals surface area contributed by atoms with Gasteiger partial charge in [0.25, 0.3) is 5.91 Å². The van der Waals surface area contributed by atoms with Gasteiger partial charge < -0.3 is 11.1 Å². The predicted molar refractivity (Wildman–Crippen MR) is 79.9 cm³/mol. The highest BCUT2D eigenvalue weighted by Crippen LogP contribution is 2.21. The van der Waals surface area contributed by atoms with Gasteiger partial charge in [-0.15, -0.1) is 0 Å². The molecule has 2 aromatic rings. The van der Waals surface area contributed by atoms with Gasteiger partial charge in [-0.2, -0.15) is 0 Å². The molecule has 102 valence electrons. The fraction of sp³-hybridized carbons (Fsp3) is 0. The average Bonchev–Trinajstić information content (AvgIpc) is 2.39. The number of pyridine rings is 1. The van der Waals surface area contributed by atoms with Gasteiger partial charge in [0.05, 0.1) is 10.6 Å². The largest absolute Gasteiger partial charge is 0.366 e. The number of carbonyl (C=O) groups is 2. The molecule has 1 aromatic carbocycles. The number of nitrogens with zero attached hydrogens (tertiary/aromatic N) is 1. The van der Waals surface area contributed by atoms with Crippen LogP contribution in [0.1, 0.15) is 20.8 Å². The van der Waals surface area contributed by atoms with Crippen LogP contribution in [0.2, 0.25) is 5.02 Å². The fourth-order valence-electron chi connectivity index (χ4n) is 1.50. The van der Waals surface area contributed by atoms with Crippen LogP contribution in [-0.4, -0.2) is 16.8 Å². The zero-order valence-corrected chi connectivity index (χ0v) is 12.4. The summed E-state index contributed by atoms with van der Waals surface area (Å²) in [5.41, 5.74) is 6.07. The van der Waals surface area contributed by atoms with Crippen LogP contribution < -0.4 is 11.1 Å². The summed E-state index contributed by atoms with van der Waals surface area (Å²) in [5, 5.41) is 2.81. The van der Waals surface area contributed by atoms with Crippen molar-refractivity contribution in [1.29, 1.82) is 0 Å². The van der Waals surface area contributed by atoms with E-state index in [2.05, 4.69) is 26.2 Å². The molecular formula is C13H9BrClN3O2. The molecule has 3 N–H and O–H groups in total. The molecule has 0 aliphatic carbocycles. The van der Waals surface area contributed by atoms with Crippen molar-refractivity contribution in [1.82, 2.24) is 4.98 Å². The van der Waals surface area contributed by atoms with Crippen molar-refractivity contribution in [3.8, 4) is 0 Å². The molecule has 2 amide bonds. The van der Waals surface area contributed by atoms with Crippen molar-refractivity contribution in [3.63, 3.8) is 0 Å². The maximum Gasteiger partial charge on any atom is 0.274 e. The summed E-state index contributed by atoms with van der Waals surface area (Å²) in [5.74, 6) is -0.997. The quantitative estimate of drug-likeness (QED) is 0.889. The van der Waals surface area contributed by atoms with E-state index in [1.165, 1.54) is 18.3 Å². The third kappa shape index (κ3) is 3.34. The minimum atomic E-state index is -0.623. The minimum Gasteiger partial charge on any atom is -0.366 e. The number of benzene rings is 1. The van der Waals surface area contributed by atoms with Crippen LogP contribution in [0, 0.1) is 0 Å². The molecule has 0 radical (unpaired) electrons. The molecule has 2 rings (SSSR count). The molecule has 0 saturated carbocycles. The van der Waals surface area contributed by atoms with E-state index in [1.54, 1.807) is 18.2 Å². The van der Waals surface area contributed by atoms with Crippen LogP contribution in [0.25, 0.3) is 0 Å². The first-order valence-corrected chi connectivity index (χ1v) is 6.67. The van der Waals surface area contributed by atoms with E-state index in [-0.39, 0.29) is 22.2 Å². The molecule has 0 atom stereocenters. The highest BCUT2D eigenvalue weighted by atomic mass is 79.9. The summed E-state index contributed by atoms with van der Waals surface area (Å²) in [4.78, 5) is 27.0. The van der Waals surface area contributed by atoms with Crippen LogP contribution in [0.15, 0.2) is 41.0 Å². The van der Waals surface area contributed by atoms with E-state index in [4.69, 9.17) is 17.3 Å². The van der Waals surface area contributed by atoms with Crippen molar-refractivity contribution >= 4 is 45.0 Å². The molecule has 0 saturated heterocycles. The van der Waals surface area contributed by atoms with Crippen molar-refractivity contribution in [2.45, 2.75) is 0 Å². The minimum absolute atomic E-state index is 0.180. The lowest BCUT2D eigenvalue weighted by molar-refractivity contribution is 0.0998. The maximum atomic E-state index is 11.9. The zero-order chi connectivity index (χ0) is 14.7. The Hall–Kier alpha value is -1.92. The standard InChI is InChI=1S/C13H9BrClN3O2/c14-7-1-4-11(17-6-7)13(20)18-8-2-3-9(12(16)19)10(15)5-8/h1-6H,(H2,16,19)(H,18,20). The number of hydrogen-bond acceptors (Lipinski definition) is 3. The van der Waals surface area contributed by atoms with Crippen LogP contribution >= 0.6 is 27.5 Å². The van der Waals surface area contributed by atoms with E-state index in [1.807, 2.05) is 0 Å². The second-order valence-electron chi connectivity index (χ2n) is 3.87. The number of rotatable bonds is 3. The lowest BCUT2D eigenvalue weighted by Gasteiger charge is -2.07. The van der Waals surface area contributed by atoms with E-state index in [9.17, 15) is 9.59 Å². The second kappa shape index (κ2) is 6.02. The van der Waals surface area contributed by atoms with E-state index in [0.29, 0.717) is 5.69 Å². The number of nitrogens with one attached hydrogen (secondary N) is 1. The molecular weight excluding hydrogens is 346 g/mol. The third-order valence-corrected chi connectivity index (χ3v) is 3.23. The first-order valence-electron chi connectivity index (χ1n) is 5.49. The Labute approximate surface area is 128 Å². The van der Waals surface area contributed by atoms with Crippen LogP contribution in [0.5, 0.6) is 0 Å². The first kappa shape index (κ1) is 14.5. The maximum absolute atomic E-state index is 11.9. The van der Waals surface area contributed by atoms with Gasteiger partial charge in [0, 0.05) is 16.4 Å². The molecule has 7 heteroatoms. The molecule has 0 fully saturated rings. The number of halogens is 2. The normalized spacial score (nSPS) is 10.1. The van der Waals surface area contributed by atoms with Crippen molar-refractivity contribution in [2.24, 2.45) is 5.73 Å². The molecule has 5 nitrogen and oxygen atoms in total. The first-order chi connectivity index (χ1) is 9.47. The molecule has 0 unspecified atom stereocenters. The van der Waals surface area contributed by atoms with Crippen LogP contribution in [0.4, 0.5) is 5.69 Å². The summed E-state index contributed by atoms with van der Waals surface area (Å²) in [6, 6.07) is 7.75. The summed E-state index contributed by atoms with van der Waals surface area (Å²) in [6.07, 6.45) is 1.53. The lowest BCUT2D eigenvalue weighted by atomic mass is 10.2. The topological polar surface area (TPSA) is 85.1 Å². The highest BCUT2D eigenvalue weighted by molar-refractivity contribution is 9.10. The number of hydrogen-bond donors (Lipinski definition) is 2. The summed E-state index contributed by atoms with van der Waals surface area (Å²) < 4.78 is 0.780. The number of carbonyl (C=O) groups excluding carboxylic acids is 2. The van der Waals surface area contributed by atoms with Gasteiger partial charge >= 0.3 is 0 Å². The van der Waals surface area contributed by atoms with Crippen LogP contribution in [-0.2, 0) is 0 Å². The van der Waals surface area contributed by atoms with Gasteiger partial charge in [-0.25, -0.2) is 4.98 Å². The van der Waals surface area contributed by atoms with Gasteiger partial charge in [0.15, 0.2) is 0 Å². The summed E-state index contributed by atoms with van der Waals surface area (Å²) in [7, 11) is 0. The Kier molecular flexibility index (Phi) is 4.36.